The molecule has 3 nitrogen and oxygen atoms in total. The number of carbonyl (C=O) groups is 1. The highest BCUT2D eigenvalue weighted by atomic mass is 16.1. The second-order valence-corrected chi connectivity index (χ2v) is 5.17. The molecule has 1 amide bonds. The number of carbonyl (C=O) groups excluding carboxylic acids is 1. The smallest absolute Gasteiger partial charge is 0.233 e. The van der Waals surface area contributed by atoms with Gasteiger partial charge in [0, 0.05) is 12.6 Å². The Morgan fingerprint density at radius 1 is 1.33 bits per heavy atom. The molecule has 2 N–H and O–H groups in total. The van der Waals surface area contributed by atoms with Crippen LogP contribution >= 0.6 is 0 Å². The molecule has 0 aliphatic carbocycles. The minimum absolute atomic E-state index is 0.0968. The molecule has 0 aromatic rings. The van der Waals surface area contributed by atoms with Gasteiger partial charge in [0.1, 0.15) is 0 Å². The molecule has 0 rings (SSSR count). The molecule has 1 unspecified atom stereocenters. The average molecular weight is 214 g/mol. The van der Waals surface area contributed by atoms with E-state index in [-0.39, 0.29) is 11.3 Å². The summed E-state index contributed by atoms with van der Waals surface area (Å²) in [5.74, 6) is 0.0968. The fourth-order valence-electron chi connectivity index (χ4n) is 1.02. The van der Waals surface area contributed by atoms with Crippen LogP contribution in [-0.4, -0.2) is 25.0 Å². The number of nitrogens with one attached hydrogen (secondary N) is 2. The first-order valence-electron chi connectivity index (χ1n) is 5.88. The molecule has 0 spiro atoms. The van der Waals surface area contributed by atoms with Crippen molar-refractivity contribution in [2.45, 2.75) is 53.5 Å². The Hall–Kier alpha value is -0.570. The van der Waals surface area contributed by atoms with Gasteiger partial charge in [-0.15, -0.1) is 0 Å². The van der Waals surface area contributed by atoms with E-state index in [1.807, 2.05) is 0 Å². The first-order chi connectivity index (χ1) is 6.88. The van der Waals surface area contributed by atoms with Crippen molar-refractivity contribution in [3.8, 4) is 0 Å². The Labute approximate surface area is 94.0 Å². The molecule has 0 saturated heterocycles. The van der Waals surface area contributed by atoms with E-state index < -0.39 is 0 Å². The van der Waals surface area contributed by atoms with Crippen LogP contribution in [0.3, 0.4) is 0 Å². The SMILES string of the molecule is CCCCNC(=O)CNC(C)C(C)(C)C. The number of unbranched alkanes of at least 4 members (excludes halogenated alkanes) is 1. The maximum atomic E-state index is 11.4. The lowest BCUT2D eigenvalue weighted by atomic mass is 9.88. The van der Waals surface area contributed by atoms with Crippen LogP contribution < -0.4 is 10.6 Å². The lowest BCUT2D eigenvalue weighted by Crippen LogP contribution is -2.43. The Morgan fingerprint density at radius 2 is 1.93 bits per heavy atom. The highest BCUT2D eigenvalue weighted by Gasteiger charge is 2.19. The molecule has 0 heterocycles. The zero-order valence-electron chi connectivity index (χ0n) is 10.8. The average Bonchev–Trinajstić information content (AvgIpc) is 2.13. The summed E-state index contributed by atoms with van der Waals surface area (Å²) < 4.78 is 0. The summed E-state index contributed by atoms with van der Waals surface area (Å²) in [7, 11) is 0. The van der Waals surface area contributed by atoms with Crippen LogP contribution in [0.25, 0.3) is 0 Å². The van der Waals surface area contributed by atoms with Crippen molar-refractivity contribution in [1.29, 1.82) is 0 Å². The van der Waals surface area contributed by atoms with Gasteiger partial charge < -0.3 is 10.6 Å². The normalized spacial score (nSPS) is 13.7. The van der Waals surface area contributed by atoms with Crippen LogP contribution in [0.1, 0.15) is 47.5 Å². The van der Waals surface area contributed by atoms with Crippen LogP contribution in [-0.2, 0) is 4.79 Å². The van der Waals surface area contributed by atoms with Crippen molar-refractivity contribution < 1.29 is 4.79 Å². The van der Waals surface area contributed by atoms with E-state index >= 15 is 0 Å². The second kappa shape index (κ2) is 6.83. The minimum atomic E-state index is 0.0968. The predicted octanol–water partition coefficient (Wildman–Crippen LogP) is 1.93. The molecule has 0 aliphatic heterocycles. The van der Waals surface area contributed by atoms with Crippen molar-refractivity contribution in [2.75, 3.05) is 13.1 Å². The quantitative estimate of drug-likeness (QED) is 0.663. The van der Waals surface area contributed by atoms with E-state index in [9.17, 15) is 4.79 Å². The molecule has 0 aliphatic rings. The monoisotopic (exact) mass is 214 g/mol. The van der Waals surface area contributed by atoms with E-state index in [0.29, 0.717) is 12.6 Å². The van der Waals surface area contributed by atoms with E-state index in [1.54, 1.807) is 0 Å². The van der Waals surface area contributed by atoms with Gasteiger partial charge in [-0.2, -0.15) is 0 Å². The molecule has 90 valence electrons. The van der Waals surface area contributed by atoms with Crippen LogP contribution in [0.15, 0.2) is 0 Å². The highest BCUT2D eigenvalue weighted by molar-refractivity contribution is 5.77. The standard InChI is InChI=1S/C12H26N2O/c1-6-7-8-13-11(15)9-14-10(2)12(3,4)5/h10,14H,6-9H2,1-5H3,(H,13,15). The Bertz CT molecular complexity index is 185. The molecule has 0 saturated carbocycles. The molecule has 0 bridgehead atoms. The molecule has 3 heteroatoms. The topological polar surface area (TPSA) is 41.1 Å². The van der Waals surface area contributed by atoms with Gasteiger partial charge in [-0.05, 0) is 18.8 Å². The van der Waals surface area contributed by atoms with Gasteiger partial charge in [0.05, 0.1) is 6.54 Å². The van der Waals surface area contributed by atoms with Crippen molar-refractivity contribution in [1.82, 2.24) is 10.6 Å². The Kier molecular flexibility index (Phi) is 6.57. The fraction of sp³-hybridized carbons (Fsp3) is 0.917. The zero-order chi connectivity index (χ0) is 11.9. The summed E-state index contributed by atoms with van der Waals surface area (Å²) in [4.78, 5) is 11.4. The second-order valence-electron chi connectivity index (χ2n) is 5.17. The van der Waals surface area contributed by atoms with Crippen LogP contribution in [0.4, 0.5) is 0 Å². The molecule has 0 aromatic carbocycles. The number of amides is 1. The van der Waals surface area contributed by atoms with Gasteiger partial charge in [0.15, 0.2) is 0 Å². The van der Waals surface area contributed by atoms with Gasteiger partial charge in [0.2, 0.25) is 5.91 Å². The van der Waals surface area contributed by atoms with Crippen molar-refractivity contribution in [2.24, 2.45) is 5.41 Å². The van der Waals surface area contributed by atoms with E-state index in [0.717, 1.165) is 19.4 Å². The minimum Gasteiger partial charge on any atom is -0.355 e. The predicted molar refractivity (Wildman–Crippen MR) is 64.8 cm³/mol. The van der Waals surface area contributed by atoms with Gasteiger partial charge in [-0.3, -0.25) is 4.79 Å². The summed E-state index contributed by atoms with van der Waals surface area (Å²) in [6.45, 7) is 11.9. The molecular formula is C12H26N2O. The summed E-state index contributed by atoms with van der Waals surface area (Å²) >= 11 is 0. The van der Waals surface area contributed by atoms with Crippen molar-refractivity contribution >= 4 is 5.91 Å². The maximum absolute atomic E-state index is 11.4. The lowest BCUT2D eigenvalue weighted by molar-refractivity contribution is -0.120. The van der Waals surface area contributed by atoms with Gasteiger partial charge in [-0.25, -0.2) is 0 Å². The molecule has 0 fully saturated rings. The van der Waals surface area contributed by atoms with E-state index in [4.69, 9.17) is 0 Å². The summed E-state index contributed by atoms with van der Waals surface area (Å²) in [6, 6.07) is 0.342. The summed E-state index contributed by atoms with van der Waals surface area (Å²) in [6.07, 6.45) is 2.17. The summed E-state index contributed by atoms with van der Waals surface area (Å²) in [5, 5.41) is 6.13. The van der Waals surface area contributed by atoms with Crippen LogP contribution in [0.2, 0.25) is 0 Å². The fourth-order valence-corrected chi connectivity index (χ4v) is 1.02. The third kappa shape index (κ3) is 7.37. The Balaban J connectivity index is 3.62. The molecule has 1 atom stereocenters. The third-order valence-electron chi connectivity index (χ3n) is 2.72. The molecule has 0 aromatic heterocycles. The molecule has 15 heavy (non-hydrogen) atoms. The lowest BCUT2D eigenvalue weighted by Gasteiger charge is -2.27. The highest BCUT2D eigenvalue weighted by Crippen LogP contribution is 2.17. The number of hydrogen-bond donors (Lipinski definition) is 2. The van der Waals surface area contributed by atoms with Gasteiger partial charge in [-0.1, -0.05) is 34.1 Å². The zero-order valence-corrected chi connectivity index (χ0v) is 10.8. The van der Waals surface area contributed by atoms with Crippen molar-refractivity contribution in [3.63, 3.8) is 0 Å². The molecule has 0 radical (unpaired) electrons. The third-order valence-corrected chi connectivity index (χ3v) is 2.72. The summed E-state index contributed by atoms with van der Waals surface area (Å²) in [5.41, 5.74) is 0.198. The first-order valence-corrected chi connectivity index (χ1v) is 5.88. The molecular weight excluding hydrogens is 188 g/mol. The number of hydrogen-bond acceptors (Lipinski definition) is 2. The van der Waals surface area contributed by atoms with Crippen LogP contribution in [0, 0.1) is 5.41 Å². The van der Waals surface area contributed by atoms with Gasteiger partial charge >= 0.3 is 0 Å². The van der Waals surface area contributed by atoms with Crippen molar-refractivity contribution in [3.05, 3.63) is 0 Å². The van der Waals surface area contributed by atoms with E-state index in [2.05, 4.69) is 45.3 Å². The largest absolute Gasteiger partial charge is 0.355 e. The van der Waals surface area contributed by atoms with Gasteiger partial charge in [0.25, 0.3) is 0 Å². The Morgan fingerprint density at radius 3 is 2.40 bits per heavy atom. The van der Waals surface area contributed by atoms with E-state index in [1.165, 1.54) is 0 Å². The first kappa shape index (κ1) is 14.4. The maximum Gasteiger partial charge on any atom is 0.233 e. The van der Waals surface area contributed by atoms with Crippen LogP contribution in [0.5, 0.6) is 0 Å². The number of rotatable bonds is 6.